The van der Waals surface area contributed by atoms with Gasteiger partial charge in [-0.3, -0.25) is 4.90 Å². The van der Waals surface area contributed by atoms with Gasteiger partial charge in [0.25, 0.3) is 5.95 Å². The monoisotopic (exact) mass is 664 g/mol. The topological polar surface area (TPSA) is 50.1 Å². The molecule has 1 aliphatic rings. The number of benzene rings is 2. The summed E-state index contributed by atoms with van der Waals surface area (Å²) in [6.07, 6.45) is -10.8. The van der Waals surface area contributed by atoms with Crippen LogP contribution < -0.4 is 4.90 Å². The van der Waals surface area contributed by atoms with E-state index in [9.17, 15) is 39.5 Å². The molecular formula is C31H37F9N6. The van der Waals surface area contributed by atoms with Crippen LogP contribution in [0, 0.1) is 11.8 Å². The van der Waals surface area contributed by atoms with Crippen LogP contribution in [0.4, 0.5) is 45.5 Å². The van der Waals surface area contributed by atoms with E-state index in [4.69, 9.17) is 0 Å². The Balaban J connectivity index is 1.80. The average Bonchev–Trinajstić information content (AvgIpc) is 3.39. The summed E-state index contributed by atoms with van der Waals surface area (Å²) in [6.45, 7) is 6.64. The average molecular weight is 665 g/mol. The minimum atomic E-state index is -5.07. The van der Waals surface area contributed by atoms with E-state index in [1.54, 1.807) is 0 Å². The Labute approximate surface area is 261 Å². The molecule has 1 atom stereocenters. The molecular weight excluding hydrogens is 627 g/mol. The number of likely N-dealkylation sites (tertiary alicyclic amines) is 1. The third kappa shape index (κ3) is 8.71. The quantitative estimate of drug-likeness (QED) is 0.203. The maximum Gasteiger partial charge on any atom is 0.416 e. The maximum atomic E-state index is 14.0. The molecule has 1 aliphatic heterocycles. The Bertz CT molecular complexity index is 1420. The first-order valence-corrected chi connectivity index (χ1v) is 15.1. The summed E-state index contributed by atoms with van der Waals surface area (Å²) >= 11 is 0. The highest BCUT2D eigenvalue weighted by molar-refractivity contribution is 5.42. The molecule has 0 bridgehead atoms. The Hall–Kier alpha value is -3.36. The van der Waals surface area contributed by atoms with Crippen molar-refractivity contribution >= 4 is 5.95 Å². The summed E-state index contributed by atoms with van der Waals surface area (Å²) in [6, 6.07) is 4.33. The summed E-state index contributed by atoms with van der Waals surface area (Å²) in [7, 11) is 1.41. The van der Waals surface area contributed by atoms with Crippen molar-refractivity contribution in [2.45, 2.75) is 84.1 Å². The van der Waals surface area contributed by atoms with E-state index in [1.807, 2.05) is 13.8 Å². The Morgan fingerprint density at radius 2 is 1.41 bits per heavy atom. The van der Waals surface area contributed by atoms with Gasteiger partial charge in [0.2, 0.25) is 0 Å². The molecule has 1 fully saturated rings. The van der Waals surface area contributed by atoms with Crippen molar-refractivity contribution in [2.24, 2.45) is 18.9 Å². The zero-order chi connectivity index (χ0) is 34.0. The van der Waals surface area contributed by atoms with Crippen molar-refractivity contribution < 1.29 is 39.5 Å². The lowest BCUT2D eigenvalue weighted by Crippen LogP contribution is -2.39. The van der Waals surface area contributed by atoms with E-state index in [0.29, 0.717) is 23.6 Å². The number of hydrogen-bond acceptors (Lipinski definition) is 5. The van der Waals surface area contributed by atoms with Crippen molar-refractivity contribution in [1.29, 1.82) is 0 Å². The number of halogens is 9. The molecule has 0 spiro atoms. The predicted molar refractivity (Wildman–Crippen MR) is 153 cm³/mol. The molecule has 0 amide bonds. The van der Waals surface area contributed by atoms with Crippen LogP contribution in [0.3, 0.4) is 0 Å². The number of tetrazole rings is 1. The van der Waals surface area contributed by atoms with Crippen LogP contribution in [-0.4, -0.2) is 38.2 Å². The van der Waals surface area contributed by atoms with Gasteiger partial charge in [0.1, 0.15) is 0 Å². The largest absolute Gasteiger partial charge is 0.416 e. The number of aromatic nitrogens is 4. The van der Waals surface area contributed by atoms with E-state index in [-0.39, 0.29) is 41.6 Å². The van der Waals surface area contributed by atoms with E-state index in [2.05, 4.69) is 27.2 Å². The smallest absolute Gasteiger partial charge is 0.330 e. The van der Waals surface area contributed by atoms with E-state index < -0.39 is 41.8 Å². The SMILES string of the molecule is CCCC1CCN(C(c2ccc(C(F)(F)F)cc2CN(Cc2cc(C(F)(F)F)cc(C(F)(F)F)c2)c2nnn(C)n2)C(C)C)CC1. The molecule has 6 nitrogen and oxygen atoms in total. The molecule has 46 heavy (non-hydrogen) atoms. The number of hydrogen-bond donors (Lipinski definition) is 0. The molecule has 1 saturated heterocycles. The summed E-state index contributed by atoms with van der Waals surface area (Å²) < 4.78 is 124. The predicted octanol–water partition coefficient (Wildman–Crippen LogP) is 8.68. The van der Waals surface area contributed by atoms with Crippen molar-refractivity contribution in [3.05, 3.63) is 69.8 Å². The fraction of sp³-hybridized carbons (Fsp3) is 0.581. The first kappa shape index (κ1) is 35.5. The van der Waals surface area contributed by atoms with Crippen molar-refractivity contribution in [1.82, 2.24) is 25.1 Å². The molecule has 3 aromatic rings. The minimum absolute atomic E-state index is 0.0240. The molecule has 1 unspecified atom stereocenters. The van der Waals surface area contributed by atoms with Gasteiger partial charge in [0.05, 0.1) is 23.7 Å². The van der Waals surface area contributed by atoms with Gasteiger partial charge in [-0.2, -0.15) is 44.3 Å². The van der Waals surface area contributed by atoms with Crippen LogP contribution in [0.1, 0.15) is 85.9 Å². The molecule has 254 valence electrons. The summed E-state index contributed by atoms with van der Waals surface area (Å²) in [5, 5.41) is 11.7. The van der Waals surface area contributed by atoms with Gasteiger partial charge in [-0.05, 0) is 90.0 Å². The summed E-state index contributed by atoms with van der Waals surface area (Å²) in [4.78, 5) is 4.53. The molecule has 1 aromatic heterocycles. The lowest BCUT2D eigenvalue weighted by molar-refractivity contribution is -0.143. The van der Waals surface area contributed by atoms with Gasteiger partial charge in [0.15, 0.2) is 0 Å². The van der Waals surface area contributed by atoms with Crippen molar-refractivity contribution in [3.63, 3.8) is 0 Å². The number of aryl methyl sites for hydroxylation is 1. The van der Waals surface area contributed by atoms with Crippen molar-refractivity contribution in [3.8, 4) is 0 Å². The number of alkyl halides is 9. The van der Waals surface area contributed by atoms with Gasteiger partial charge in [-0.15, -0.1) is 5.10 Å². The Morgan fingerprint density at radius 3 is 1.89 bits per heavy atom. The van der Waals surface area contributed by atoms with Gasteiger partial charge in [0, 0.05) is 19.1 Å². The van der Waals surface area contributed by atoms with Crippen LogP contribution in [0.5, 0.6) is 0 Å². The zero-order valence-corrected chi connectivity index (χ0v) is 25.9. The van der Waals surface area contributed by atoms with Crippen molar-refractivity contribution in [2.75, 3.05) is 18.0 Å². The summed E-state index contributed by atoms with van der Waals surface area (Å²) in [5.74, 6) is 0.367. The van der Waals surface area contributed by atoms with Crippen LogP contribution in [-0.2, 0) is 38.7 Å². The van der Waals surface area contributed by atoms with E-state index in [0.717, 1.165) is 55.7 Å². The van der Waals surface area contributed by atoms with Gasteiger partial charge < -0.3 is 4.90 Å². The standard InChI is InChI=1S/C31H37F9N6/c1-5-6-20-9-11-45(12-10-20)27(19(2)3)26-8-7-23(29(32,33)34)15-22(26)18-46(28-41-43-44(4)42-28)17-21-13-24(30(35,36)37)16-25(14-21)31(38,39)40/h7-8,13-16,19-20,27H,5-6,9-12,17-18H2,1-4H3. The van der Waals surface area contributed by atoms with Crippen LogP contribution >= 0.6 is 0 Å². The summed E-state index contributed by atoms with van der Waals surface area (Å²) in [5.41, 5.74) is -3.51. The number of piperidine rings is 1. The first-order chi connectivity index (χ1) is 21.4. The highest BCUT2D eigenvalue weighted by Gasteiger charge is 2.38. The lowest BCUT2D eigenvalue weighted by atomic mass is 9.85. The van der Waals surface area contributed by atoms with Gasteiger partial charge in [-0.25, -0.2) is 0 Å². The molecule has 2 heterocycles. The Kier molecular flexibility index (Phi) is 10.6. The first-order valence-electron chi connectivity index (χ1n) is 15.1. The normalized spacial score (nSPS) is 16.3. The fourth-order valence-corrected chi connectivity index (χ4v) is 6.25. The maximum absolute atomic E-state index is 14.0. The third-order valence-electron chi connectivity index (χ3n) is 8.32. The van der Waals surface area contributed by atoms with Gasteiger partial charge in [-0.1, -0.05) is 44.8 Å². The molecule has 15 heteroatoms. The fourth-order valence-electron chi connectivity index (χ4n) is 6.25. The number of nitrogens with zero attached hydrogens (tertiary/aromatic N) is 6. The second-order valence-corrected chi connectivity index (χ2v) is 12.2. The highest BCUT2D eigenvalue weighted by Crippen LogP contribution is 2.40. The van der Waals surface area contributed by atoms with Crippen LogP contribution in [0.15, 0.2) is 36.4 Å². The molecule has 0 N–H and O–H groups in total. The molecule has 0 aliphatic carbocycles. The van der Waals surface area contributed by atoms with Gasteiger partial charge >= 0.3 is 18.5 Å². The number of rotatable bonds is 10. The zero-order valence-electron chi connectivity index (χ0n) is 25.9. The number of anilines is 1. The van der Waals surface area contributed by atoms with E-state index >= 15 is 0 Å². The van der Waals surface area contributed by atoms with Crippen LogP contribution in [0.2, 0.25) is 0 Å². The second-order valence-electron chi connectivity index (χ2n) is 12.2. The Morgan fingerprint density at radius 1 is 0.826 bits per heavy atom. The molecule has 4 rings (SSSR count). The third-order valence-corrected chi connectivity index (χ3v) is 8.32. The highest BCUT2D eigenvalue weighted by atomic mass is 19.4. The van der Waals surface area contributed by atoms with Crippen LogP contribution in [0.25, 0.3) is 0 Å². The molecule has 0 saturated carbocycles. The minimum Gasteiger partial charge on any atom is -0.330 e. The molecule has 0 radical (unpaired) electrons. The lowest BCUT2D eigenvalue weighted by Gasteiger charge is -2.41. The second kappa shape index (κ2) is 13.8. The van der Waals surface area contributed by atoms with E-state index in [1.165, 1.54) is 18.0 Å². The molecule has 2 aromatic carbocycles.